The first-order chi connectivity index (χ1) is 7.96. The van der Waals surface area contributed by atoms with E-state index < -0.39 is 14.1 Å². The molecular formula is C13H28O3Si. The summed E-state index contributed by atoms with van der Waals surface area (Å²) in [6.45, 7) is 12.6. The van der Waals surface area contributed by atoms with Crippen molar-refractivity contribution < 1.29 is 13.9 Å². The summed E-state index contributed by atoms with van der Waals surface area (Å²) in [5.74, 6) is -0.504. The molecule has 0 aromatic heterocycles. The van der Waals surface area contributed by atoms with Gasteiger partial charge in [-0.05, 0) is 32.5 Å². The normalized spacial score (nSPS) is 22.4. The molecule has 1 heterocycles. The molecule has 0 aliphatic carbocycles. The van der Waals surface area contributed by atoms with E-state index in [2.05, 4.69) is 33.9 Å². The standard InChI is InChI=1S/C13H28O3Si/c1-6-11-17(4,5)16-12(3)13(7-2)14-9-8-10-15-13/h12H,6-11H2,1-5H3. The van der Waals surface area contributed by atoms with E-state index in [1.165, 1.54) is 12.5 Å². The van der Waals surface area contributed by atoms with Gasteiger partial charge in [0, 0.05) is 6.42 Å². The van der Waals surface area contributed by atoms with Gasteiger partial charge in [0.05, 0.1) is 19.3 Å². The molecule has 0 N–H and O–H groups in total. The minimum Gasteiger partial charge on any atom is -0.409 e. The zero-order chi connectivity index (χ0) is 12.9. The van der Waals surface area contributed by atoms with Crippen LogP contribution in [0.2, 0.25) is 19.1 Å². The fraction of sp³-hybridized carbons (Fsp3) is 1.00. The van der Waals surface area contributed by atoms with Crippen LogP contribution in [0.5, 0.6) is 0 Å². The lowest BCUT2D eigenvalue weighted by atomic mass is 10.1. The maximum absolute atomic E-state index is 6.30. The molecule has 1 atom stereocenters. The monoisotopic (exact) mass is 260 g/mol. The number of hydrogen-bond acceptors (Lipinski definition) is 3. The van der Waals surface area contributed by atoms with Crippen molar-refractivity contribution in [3.63, 3.8) is 0 Å². The SMILES string of the molecule is CCC[Si](C)(C)OC(C)C1(CC)OCCCO1. The van der Waals surface area contributed by atoms with Crippen molar-refractivity contribution in [2.45, 2.75) is 71.1 Å². The highest BCUT2D eigenvalue weighted by atomic mass is 28.4. The second-order valence-corrected chi connectivity index (χ2v) is 9.74. The van der Waals surface area contributed by atoms with E-state index in [1.54, 1.807) is 0 Å². The molecule has 3 nitrogen and oxygen atoms in total. The van der Waals surface area contributed by atoms with Gasteiger partial charge in [0.25, 0.3) is 0 Å². The minimum atomic E-state index is -1.57. The summed E-state index contributed by atoms with van der Waals surface area (Å²) in [6.07, 6.45) is 3.06. The van der Waals surface area contributed by atoms with Crippen molar-refractivity contribution in [1.29, 1.82) is 0 Å². The molecular weight excluding hydrogens is 232 g/mol. The Bertz CT molecular complexity index is 225. The quantitative estimate of drug-likeness (QED) is 0.684. The number of ether oxygens (including phenoxy) is 2. The molecule has 1 rings (SSSR count). The molecule has 1 aliphatic rings. The Morgan fingerprint density at radius 2 is 1.82 bits per heavy atom. The lowest BCUT2D eigenvalue weighted by molar-refractivity contribution is -0.302. The van der Waals surface area contributed by atoms with Crippen LogP contribution in [0.3, 0.4) is 0 Å². The molecule has 0 aromatic carbocycles. The van der Waals surface area contributed by atoms with Crippen LogP contribution in [0.1, 0.15) is 40.0 Å². The first kappa shape index (κ1) is 15.2. The maximum Gasteiger partial charge on any atom is 0.192 e. The van der Waals surface area contributed by atoms with E-state index in [1.807, 2.05) is 0 Å². The van der Waals surface area contributed by atoms with E-state index in [0.29, 0.717) is 0 Å². The highest BCUT2D eigenvalue weighted by Gasteiger charge is 2.42. The highest BCUT2D eigenvalue weighted by Crippen LogP contribution is 2.31. The molecule has 0 aromatic rings. The van der Waals surface area contributed by atoms with Crippen LogP contribution in [-0.2, 0) is 13.9 Å². The summed E-state index contributed by atoms with van der Waals surface area (Å²) in [5, 5.41) is 0. The van der Waals surface area contributed by atoms with Gasteiger partial charge in [0.2, 0.25) is 0 Å². The molecule has 0 spiro atoms. The van der Waals surface area contributed by atoms with Gasteiger partial charge in [0.1, 0.15) is 0 Å². The van der Waals surface area contributed by atoms with Gasteiger partial charge in [-0.15, -0.1) is 0 Å². The van der Waals surface area contributed by atoms with Gasteiger partial charge in [-0.1, -0.05) is 20.3 Å². The lowest BCUT2D eigenvalue weighted by Crippen LogP contribution is -2.53. The van der Waals surface area contributed by atoms with Crippen molar-refractivity contribution in [3.05, 3.63) is 0 Å². The van der Waals surface area contributed by atoms with Gasteiger partial charge in [0.15, 0.2) is 14.1 Å². The Balaban J connectivity index is 2.62. The van der Waals surface area contributed by atoms with E-state index in [9.17, 15) is 0 Å². The third kappa shape index (κ3) is 4.05. The molecule has 0 radical (unpaired) electrons. The second-order valence-electron chi connectivity index (χ2n) is 5.49. The van der Waals surface area contributed by atoms with Crippen LogP contribution < -0.4 is 0 Å². The van der Waals surface area contributed by atoms with E-state index in [0.717, 1.165) is 26.1 Å². The summed E-state index contributed by atoms with van der Waals surface area (Å²) in [6, 6.07) is 1.19. The predicted molar refractivity (Wildman–Crippen MR) is 72.7 cm³/mol. The Hall–Kier alpha value is 0.0969. The maximum atomic E-state index is 6.30. The fourth-order valence-corrected chi connectivity index (χ4v) is 5.00. The minimum absolute atomic E-state index is 0.0287. The van der Waals surface area contributed by atoms with Crippen molar-refractivity contribution in [2.24, 2.45) is 0 Å². The van der Waals surface area contributed by atoms with Crippen molar-refractivity contribution in [3.8, 4) is 0 Å². The van der Waals surface area contributed by atoms with Crippen molar-refractivity contribution >= 4 is 8.32 Å². The molecule has 4 heteroatoms. The molecule has 0 saturated carbocycles. The number of rotatable bonds is 6. The van der Waals surface area contributed by atoms with Crippen LogP contribution in [0.25, 0.3) is 0 Å². The second kappa shape index (κ2) is 6.32. The Kier molecular flexibility index (Phi) is 5.63. The predicted octanol–water partition coefficient (Wildman–Crippen LogP) is 3.55. The summed E-state index contributed by atoms with van der Waals surface area (Å²) in [5.41, 5.74) is 0. The summed E-state index contributed by atoms with van der Waals surface area (Å²) in [7, 11) is -1.57. The van der Waals surface area contributed by atoms with E-state index >= 15 is 0 Å². The third-order valence-electron chi connectivity index (χ3n) is 3.44. The summed E-state index contributed by atoms with van der Waals surface area (Å²) >= 11 is 0. The zero-order valence-corrected chi connectivity index (χ0v) is 13.0. The largest absolute Gasteiger partial charge is 0.409 e. The van der Waals surface area contributed by atoms with Crippen LogP contribution in [0, 0.1) is 0 Å². The van der Waals surface area contributed by atoms with Gasteiger partial charge in [-0.25, -0.2) is 0 Å². The highest BCUT2D eigenvalue weighted by molar-refractivity contribution is 6.71. The lowest BCUT2D eigenvalue weighted by Gasteiger charge is -2.43. The van der Waals surface area contributed by atoms with E-state index in [4.69, 9.17) is 13.9 Å². The average molecular weight is 260 g/mol. The van der Waals surface area contributed by atoms with Crippen LogP contribution in [-0.4, -0.2) is 33.4 Å². The first-order valence-electron chi connectivity index (χ1n) is 6.91. The third-order valence-corrected chi connectivity index (χ3v) is 6.14. The smallest absolute Gasteiger partial charge is 0.192 e. The molecule has 1 aliphatic heterocycles. The van der Waals surface area contributed by atoms with Crippen LogP contribution >= 0.6 is 0 Å². The van der Waals surface area contributed by atoms with Gasteiger partial charge in [-0.2, -0.15) is 0 Å². The number of hydrogen-bond donors (Lipinski definition) is 0. The van der Waals surface area contributed by atoms with Gasteiger partial charge in [-0.3, -0.25) is 0 Å². The molecule has 1 fully saturated rings. The van der Waals surface area contributed by atoms with Crippen LogP contribution in [0.15, 0.2) is 0 Å². The van der Waals surface area contributed by atoms with Gasteiger partial charge < -0.3 is 13.9 Å². The zero-order valence-electron chi connectivity index (χ0n) is 12.0. The molecule has 0 bridgehead atoms. The van der Waals surface area contributed by atoms with Crippen LogP contribution in [0.4, 0.5) is 0 Å². The topological polar surface area (TPSA) is 27.7 Å². The Morgan fingerprint density at radius 3 is 2.29 bits per heavy atom. The molecule has 1 saturated heterocycles. The average Bonchev–Trinajstić information content (AvgIpc) is 2.29. The fourth-order valence-electron chi connectivity index (χ4n) is 2.55. The van der Waals surface area contributed by atoms with Gasteiger partial charge >= 0.3 is 0 Å². The first-order valence-corrected chi connectivity index (χ1v) is 10.0. The molecule has 17 heavy (non-hydrogen) atoms. The Labute approximate surface area is 107 Å². The van der Waals surface area contributed by atoms with E-state index in [-0.39, 0.29) is 6.10 Å². The van der Waals surface area contributed by atoms with Crippen molar-refractivity contribution in [1.82, 2.24) is 0 Å². The van der Waals surface area contributed by atoms with Crippen molar-refractivity contribution in [2.75, 3.05) is 13.2 Å². The summed E-state index contributed by atoms with van der Waals surface area (Å²) < 4.78 is 18.1. The molecule has 0 amide bonds. The summed E-state index contributed by atoms with van der Waals surface area (Å²) in [4.78, 5) is 0. The molecule has 1 unspecified atom stereocenters. The Morgan fingerprint density at radius 1 is 1.24 bits per heavy atom. The molecule has 102 valence electrons.